The highest BCUT2D eigenvalue weighted by Gasteiger charge is 2.44. The monoisotopic (exact) mass is 378 g/mol. The molecule has 2 amide bonds. The van der Waals surface area contributed by atoms with E-state index in [0.717, 1.165) is 6.26 Å². The average molecular weight is 378 g/mol. The van der Waals surface area contributed by atoms with Gasteiger partial charge in [-0.1, -0.05) is 0 Å². The maximum atomic E-state index is 12.8. The SMILES string of the molecule is CC(C)(C)OC(=O)N1C[C@H](OS(C)(=O)=O)C[C@H]1C(=O)N1CCOCC1. The zero-order chi connectivity index (χ0) is 18.8. The van der Waals surface area contributed by atoms with E-state index in [0.29, 0.717) is 26.3 Å². The lowest BCUT2D eigenvalue weighted by atomic mass is 10.1. The van der Waals surface area contributed by atoms with Crippen LogP contribution in [0.1, 0.15) is 27.2 Å². The van der Waals surface area contributed by atoms with Gasteiger partial charge in [-0.2, -0.15) is 8.42 Å². The smallest absolute Gasteiger partial charge is 0.411 e. The number of ether oxygens (including phenoxy) is 2. The van der Waals surface area contributed by atoms with Crippen molar-refractivity contribution in [2.75, 3.05) is 39.1 Å². The minimum atomic E-state index is -3.69. The molecule has 2 heterocycles. The first-order chi connectivity index (χ1) is 11.5. The van der Waals surface area contributed by atoms with Gasteiger partial charge in [-0.15, -0.1) is 0 Å². The van der Waals surface area contributed by atoms with Crippen LogP contribution < -0.4 is 0 Å². The van der Waals surface area contributed by atoms with E-state index in [1.807, 2.05) is 0 Å². The maximum Gasteiger partial charge on any atom is 0.411 e. The van der Waals surface area contributed by atoms with E-state index in [1.165, 1.54) is 4.90 Å². The topological polar surface area (TPSA) is 102 Å². The van der Waals surface area contributed by atoms with Crippen molar-refractivity contribution in [1.82, 2.24) is 9.80 Å². The molecule has 0 bridgehead atoms. The zero-order valence-electron chi connectivity index (χ0n) is 15.1. The Morgan fingerprint density at radius 1 is 1.16 bits per heavy atom. The highest BCUT2D eigenvalue weighted by Crippen LogP contribution is 2.26. The van der Waals surface area contributed by atoms with Crippen LogP contribution in [0.2, 0.25) is 0 Å². The van der Waals surface area contributed by atoms with Crippen LogP contribution in [-0.4, -0.2) is 87.1 Å². The summed E-state index contributed by atoms with van der Waals surface area (Å²) in [4.78, 5) is 28.2. The summed E-state index contributed by atoms with van der Waals surface area (Å²) in [5, 5.41) is 0. The summed E-state index contributed by atoms with van der Waals surface area (Å²) < 4.78 is 38.4. The second-order valence-electron chi connectivity index (χ2n) is 7.24. The van der Waals surface area contributed by atoms with Gasteiger partial charge in [0.05, 0.1) is 32.1 Å². The predicted molar refractivity (Wildman–Crippen MR) is 88.5 cm³/mol. The van der Waals surface area contributed by atoms with Gasteiger partial charge in [0.25, 0.3) is 10.1 Å². The number of carbonyl (C=O) groups excluding carboxylic acids is 2. The van der Waals surface area contributed by atoms with Crippen molar-refractivity contribution in [2.24, 2.45) is 0 Å². The van der Waals surface area contributed by atoms with E-state index in [9.17, 15) is 18.0 Å². The second kappa shape index (κ2) is 7.46. The number of likely N-dealkylation sites (tertiary alicyclic amines) is 1. The van der Waals surface area contributed by atoms with Crippen molar-refractivity contribution in [3.8, 4) is 0 Å². The van der Waals surface area contributed by atoms with Crippen molar-refractivity contribution in [3.63, 3.8) is 0 Å². The minimum absolute atomic E-state index is 0.0112. The van der Waals surface area contributed by atoms with Crippen LogP contribution >= 0.6 is 0 Å². The number of carbonyl (C=O) groups is 2. The second-order valence-corrected chi connectivity index (χ2v) is 8.84. The first kappa shape index (κ1) is 19.9. The molecule has 2 aliphatic rings. The van der Waals surface area contributed by atoms with Crippen LogP contribution in [0, 0.1) is 0 Å². The number of hydrogen-bond donors (Lipinski definition) is 0. The minimum Gasteiger partial charge on any atom is -0.444 e. The predicted octanol–water partition coefficient (Wildman–Crippen LogP) is 0.199. The van der Waals surface area contributed by atoms with Crippen LogP contribution in [-0.2, 0) is 28.6 Å². The first-order valence-corrected chi connectivity index (χ1v) is 10.0. The number of rotatable bonds is 3. The van der Waals surface area contributed by atoms with E-state index in [2.05, 4.69) is 0 Å². The number of amides is 2. The van der Waals surface area contributed by atoms with E-state index >= 15 is 0 Å². The highest BCUT2D eigenvalue weighted by molar-refractivity contribution is 7.86. The Bertz CT molecular complexity index is 608. The van der Waals surface area contributed by atoms with Crippen LogP contribution in [0.3, 0.4) is 0 Å². The largest absolute Gasteiger partial charge is 0.444 e. The molecule has 0 aromatic heterocycles. The molecule has 10 heteroatoms. The standard InChI is InChI=1S/C15H26N2O7S/c1-15(2,3)23-14(19)17-10-11(24-25(4,20)21)9-12(17)13(18)16-5-7-22-8-6-16/h11-12H,5-10H2,1-4H3/t11-,12+/m1/s1. The Morgan fingerprint density at radius 3 is 2.28 bits per heavy atom. The summed E-state index contributed by atoms with van der Waals surface area (Å²) in [6.45, 7) is 6.92. The third-order valence-corrected chi connectivity index (χ3v) is 4.43. The molecule has 0 aliphatic carbocycles. The molecule has 2 saturated heterocycles. The first-order valence-electron chi connectivity index (χ1n) is 8.21. The summed E-state index contributed by atoms with van der Waals surface area (Å²) in [7, 11) is -3.69. The molecule has 0 saturated carbocycles. The molecular weight excluding hydrogens is 352 g/mol. The molecule has 0 aromatic rings. The van der Waals surface area contributed by atoms with Gasteiger partial charge in [0.1, 0.15) is 11.6 Å². The van der Waals surface area contributed by atoms with Crippen LogP contribution in [0.4, 0.5) is 4.79 Å². The Labute approximate surface area is 148 Å². The fourth-order valence-corrected chi connectivity index (χ4v) is 3.50. The Morgan fingerprint density at radius 2 is 1.76 bits per heavy atom. The fraction of sp³-hybridized carbons (Fsp3) is 0.867. The molecule has 2 aliphatic heterocycles. The molecule has 2 fully saturated rings. The van der Waals surface area contributed by atoms with Gasteiger partial charge in [0.15, 0.2) is 0 Å². The molecule has 9 nitrogen and oxygen atoms in total. The zero-order valence-corrected chi connectivity index (χ0v) is 15.9. The molecule has 2 atom stereocenters. The number of morpholine rings is 1. The highest BCUT2D eigenvalue weighted by atomic mass is 32.2. The quantitative estimate of drug-likeness (QED) is 0.646. The number of nitrogens with zero attached hydrogens (tertiary/aromatic N) is 2. The lowest BCUT2D eigenvalue weighted by Gasteiger charge is -2.33. The normalized spacial score (nSPS) is 25.1. The van der Waals surface area contributed by atoms with E-state index in [4.69, 9.17) is 13.7 Å². The van der Waals surface area contributed by atoms with Gasteiger partial charge < -0.3 is 14.4 Å². The molecule has 144 valence electrons. The average Bonchev–Trinajstić information content (AvgIpc) is 2.87. The van der Waals surface area contributed by atoms with Gasteiger partial charge in [-0.25, -0.2) is 4.79 Å². The van der Waals surface area contributed by atoms with Gasteiger partial charge >= 0.3 is 6.09 Å². The van der Waals surface area contributed by atoms with Crippen LogP contribution in [0.5, 0.6) is 0 Å². The molecule has 0 unspecified atom stereocenters. The van der Waals surface area contributed by atoms with Crippen molar-refractivity contribution >= 4 is 22.1 Å². The Hall–Kier alpha value is -1.39. The van der Waals surface area contributed by atoms with E-state index < -0.39 is 34.0 Å². The lowest BCUT2D eigenvalue weighted by Crippen LogP contribution is -2.51. The molecule has 25 heavy (non-hydrogen) atoms. The molecule has 2 rings (SSSR count). The van der Waals surface area contributed by atoms with Gasteiger partial charge in [-0.3, -0.25) is 13.9 Å². The molecular formula is C15H26N2O7S. The van der Waals surface area contributed by atoms with Crippen molar-refractivity contribution in [1.29, 1.82) is 0 Å². The molecule has 0 spiro atoms. The summed E-state index contributed by atoms with van der Waals surface area (Å²) in [5.41, 5.74) is -0.723. The van der Waals surface area contributed by atoms with Gasteiger partial charge in [0.2, 0.25) is 5.91 Å². The van der Waals surface area contributed by atoms with Crippen molar-refractivity contribution < 1.29 is 31.7 Å². The third kappa shape index (κ3) is 5.82. The summed E-state index contributed by atoms with van der Waals surface area (Å²) in [5.74, 6) is -0.242. The summed E-state index contributed by atoms with van der Waals surface area (Å²) in [6.07, 6.45) is -0.360. The van der Waals surface area contributed by atoms with E-state index in [-0.39, 0.29) is 18.9 Å². The Kier molecular flexibility index (Phi) is 5.95. The van der Waals surface area contributed by atoms with Crippen LogP contribution in [0.15, 0.2) is 0 Å². The lowest BCUT2D eigenvalue weighted by molar-refractivity contribution is -0.140. The molecule has 0 N–H and O–H groups in total. The maximum absolute atomic E-state index is 12.8. The number of hydrogen-bond acceptors (Lipinski definition) is 7. The van der Waals surface area contributed by atoms with E-state index in [1.54, 1.807) is 25.7 Å². The fourth-order valence-electron chi connectivity index (χ4n) is 2.87. The summed E-state index contributed by atoms with van der Waals surface area (Å²) >= 11 is 0. The third-order valence-electron chi connectivity index (χ3n) is 3.81. The van der Waals surface area contributed by atoms with Gasteiger partial charge in [0, 0.05) is 19.5 Å². The summed E-state index contributed by atoms with van der Waals surface area (Å²) in [6, 6.07) is -0.806. The molecule has 0 radical (unpaired) electrons. The Balaban J connectivity index is 2.15. The van der Waals surface area contributed by atoms with Crippen molar-refractivity contribution in [3.05, 3.63) is 0 Å². The van der Waals surface area contributed by atoms with Crippen LogP contribution in [0.25, 0.3) is 0 Å². The van der Waals surface area contributed by atoms with Crippen molar-refractivity contribution in [2.45, 2.75) is 44.9 Å². The molecule has 0 aromatic carbocycles. The van der Waals surface area contributed by atoms with Gasteiger partial charge in [-0.05, 0) is 20.8 Å².